The number of nitrogens with zero attached hydrogens (tertiary/aromatic N) is 2. The Hall–Kier alpha value is -3.47. The third-order valence-electron chi connectivity index (χ3n) is 3.88. The van der Waals surface area contributed by atoms with Gasteiger partial charge in [-0.25, -0.2) is 4.79 Å². The van der Waals surface area contributed by atoms with Crippen molar-refractivity contribution in [1.29, 1.82) is 0 Å². The second kappa shape index (κ2) is 8.07. The molecule has 0 amide bonds. The molecule has 0 aliphatic heterocycles. The zero-order valence-corrected chi connectivity index (χ0v) is 14.4. The van der Waals surface area contributed by atoms with E-state index in [9.17, 15) is 9.90 Å². The van der Waals surface area contributed by atoms with Gasteiger partial charge in [0.25, 0.3) is 0 Å². The third-order valence-corrected chi connectivity index (χ3v) is 3.88. The van der Waals surface area contributed by atoms with E-state index >= 15 is 0 Å². The first-order valence-corrected chi connectivity index (χ1v) is 8.23. The minimum Gasteiger partial charge on any atom is -0.478 e. The first-order valence-electron chi connectivity index (χ1n) is 8.23. The van der Waals surface area contributed by atoms with E-state index in [1.807, 2.05) is 43.3 Å². The molecule has 2 N–H and O–H groups in total. The number of aliphatic imine (C=N–C) groups is 1. The van der Waals surface area contributed by atoms with Crippen molar-refractivity contribution in [3.63, 3.8) is 0 Å². The van der Waals surface area contributed by atoms with Gasteiger partial charge < -0.3 is 10.4 Å². The molecule has 0 saturated carbocycles. The Morgan fingerprint density at radius 1 is 1.08 bits per heavy atom. The molecule has 0 atom stereocenters. The number of nitrogens with one attached hydrogen (secondary N) is 1. The monoisotopic (exact) mass is 345 g/mol. The molecule has 26 heavy (non-hydrogen) atoms. The number of carbonyl (C=O) groups is 1. The predicted octanol–water partition coefficient (Wildman–Crippen LogP) is 4.15. The summed E-state index contributed by atoms with van der Waals surface area (Å²) in [4.78, 5) is 20.2. The molecule has 130 valence electrons. The van der Waals surface area contributed by atoms with Gasteiger partial charge in [0.1, 0.15) is 5.84 Å². The lowest BCUT2D eigenvalue weighted by Crippen LogP contribution is -2.16. The van der Waals surface area contributed by atoms with Crippen molar-refractivity contribution in [2.45, 2.75) is 13.5 Å². The highest BCUT2D eigenvalue weighted by Crippen LogP contribution is 2.17. The second-order valence-corrected chi connectivity index (χ2v) is 5.87. The molecule has 5 nitrogen and oxygen atoms in total. The van der Waals surface area contributed by atoms with Crippen LogP contribution < -0.4 is 5.32 Å². The highest BCUT2D eigenvalue weighted by atomic mass is 16.4. The number of aromatic carboxylic acids is 1. The molecule has 0 saturated heterocycles. The highest BCUT2D eigenvalue weighted by Gasteiger charge is 2.12. The number of hydrogen-bond donors (Lipinski definition) is 2. The fourth-order valence-electron chi connectivity index (χ4n) is 2.48. The number of benzene rings is 2. The smallest absolute Gasteiger partial charge is 0.337 e. The average molecular weight is 345 g/mol. The summed E-state index contributed by atoms with van der Waals surface area (Å²) >= 11 is 0. The predicted molar refractivity (Wildman–Crippen MR) is 103 cm³/mol. The van der Waals surface area contributed by atoms with E-state index < -0.39 is 5.97 Å². The number of anilines is 1. The summed E-state index contributed by atoms with van der Waals surface area (Å²) in [5.74, 6) is -0.369. The molecular weight excluding hydrogens is 326 g/mol. The zero-order valence-electron chi connectivity index (χ0n) is 14.4. The summed E-state index contributed by atoms with van der Waals surface area (Å²) in [5, 5.41) is 12.6. The van der Waals surface area contributed by atoms with Gasteiger partial charge in [0.2, 0.25) is 0 Å². The van der Waals surface area contributed by atoms with Crippen molar-refractivity contribution in [3.8, 4) is 0 Å². The van der Waals surface area contributed by atoms with Crippen molar-refractivity contribution in [3.05, 3.63) is 95.3 Å². The zero-order chi connectivity index (χ0) is 18.4. The van der Waals surface area contributed by atoms with E-state index in [0.717, 1.165) is 16.7 Å². The van der Waals surface area contributed by atoms with Gasteiger partial charge >= 0.3 is 5.97 Å². The SMILES string of the molecule is Cc1ccc(C(=NCc2cccnc2)Nc2ccccc2C(=O)O)cc1. The van der Waals surface area contributed by atoms with Crippen molar-refractivity contribution < 1.29 is 9.90 Å². The number of aromatic nitrogens is 1. The van der Waals surface area contributed by atoms with Crippen LogP contribution in [0, 0.1) is 6.92 Å². The van der Waals surface area contributed by atoms with Crippen LogP contribution in [-0.2, 0) is 6.54 Å². The summed E-state index contributed by atoms with van der Waals surface area (Å²) in [6, 6.07) is 18.5. The van der Waals surface area contributed by atoms with Crippen LogP contribution in [-0.4, -0.2) is 21.9 Å². The minimum absolute atomic E-state index is 0.202. The maximum atomic E-state index is 11.5. The van der Waals surface area contributed by atoms with Gasteiger partial charge in [-0.3, -0.25) is 9.98 Å². The van der Waals surface area contributed by atoms with E-state index in [1.165, 1.54) is 0 Å². The van der Waals surface area contributed by atoms with Crippen molar-refractivity contribution in [2.24, 2.45) is 4.99 Å². The standard InChI is InChI=1S/C21H19N3O2/c1-15-8-10-17(11-9-15)20(23-14-16-5-4-12-22-13-16)24-19-7-3-2-6-18(19)21(25)26/h2-13H,14H2,1H3,(H,23,24)(H,25,26). The van der Waals surface area contributed by atoms with Crippen LogP contribution in [0.25, 0.3) is 0 Å². The van der Waals surface area contributed by atoms with E-state index in [-0.39, 0.29) is 5.56 Å². The van der Waals surface area contributed by atoms with E-state index in [0.29, 0.717) is 18.1 Å². The quantitative estimate of drug-likeness (QED) is 0.538. The van der Waals surface area contributed by atoms with Gasteiger partial charge in [-0.1, -0.05) is 48.0 Å². The van der Waals surface area contributed by atoms with Crippen molar-refractivity contribution >= 4 is 17.5 Å². The summed E-state index contributed by atoms with van der Waals surface area (Å²) in [6.45, 7) is 2.46. The van der Waals surface area contributed by atoms with Gasteiger partial charge in [0.05, 0.1) is 17.8 Å². The molecule has 3 aromatic rings. The van der Waals surface area contributed by atoms with E-state index in [4.69, 9.17) is 0 Å². The Bertz CT molecular complexity index is 920. The normalized spacial score (nSPS) is 11.2. The number of amidine groups is 1. The van der Waals surface area contributed by atoms with E-state index in [2.05, 4.69) is 15.3 Å². The molecule has 1 heterocycles. The van der Waals surface area contributed by atoms with Gasteiger partial charge in [-0.05, 0) is 30.7 Å². The number of carboxylic acid groups (broad SMARTS) is 1. The van der Waals surface area contributed by atoms with Crippen LogP contribution in [0.2, 0.25) is 0 Å². The molecule has 0 spiro atoms. The Kier molecular flexibility index (Phi) is 5.39. The molecule has 3 rings (SSSR count). The highest BCUT2D eigenvalue weighted by molar-refractivity contribution is 6.10. The minimum atomic E-state index is -0.983. The van der Waals surface area contributed by atoms with Crippen LogP contribution in [0.4, 0.5) is 5.69 Å². The Labute approximate surface area is 152 Å². The van der Waals surface area contributed by atoms with Crippen molar-refractivity contribution in [2.75, 3.05) is 5.32 Å². The molecule has 0 unspecified atom stereocenters. The largest absolute Gasteiger partial charge is 0.478 e. The number of carboxylic acids is 1. The fraction of sp³-hybridized carbons (Fsp3) is 0.0952. The Morgan fingerprint density at radius 2 is 1.85 bits per heavy atom. The maximum Gasteiger partial charge on any atom is 0.337 e. The Morgan fingerprint density at radius 3 is 2.54 bits per heavy atom. The molecule has 0 aliphatic carbocycles. The summed E-state index contributed by atoms with van der Waals surface area (Å²) in [7, 11) is 0. The molecule has 5 heteroatoms. The number of hydrogen-bond acceptors (Lipinski definition) is 3. The maximum absolute atomic E-state index is 11.5. The number of pyridine rings is 1. The van der Waals surface area contributed by atoms with Gasteiger partial charge in [-0.2, -0.15) is 0 Å². The summed E-state index contributed by atoms with van der Waals surface area (Å²) in [6.07, 6.45) is 3.48. The van der Waals surface area contributed by atoms with E-state index in [1.54, 1.807) is 36.7 Å². The van der Waals surface area contributed by atoms with Crippen LogP contribution in [0.1, 0.15) is 27.0 Å². The number of aryl methyl sites for hydroxylation is 1. The lowest BCUT2D eigenvalue weighted by Gasteiger charge is -2.13. The molecule has 0 bridgehead atoms. The summed E-state index contributed by atoms with van der Waals surface area (Å²) in [5.41, 5.74) is 3.72. The first kappa shape index (κ1) is 17.4. The Balaban J connectivity index is 1.95. The van der Waals surface area contributed by atoms with Gasteiger partial charge in [0, 0.05) is 18.0 Å². The topological polar surface area (TPSA) is 74.6 Å². The van der Waals surface area contributed by atoms with Gasteiger partial charge in [0.15, 0.2) is 0 Å². The molecule has 0 radical (unpaired) electrons. The lowest BCUT2D eigenvalue weighted by molar-refractivity contribution is 0.0698. The number of rotatable bonds is 5. The van der Waals surface area contributed by atoms with Crippen LogP contribution in [0.15, 0.2) is 78.0 Å². The molecule has 2 aromatic carbocycles. The fourth-order valence-corrected chi connectivity index (χ4v) is 2.48. The van der Waals surface area contributed by atoms with Crippen molar-refractivity contribution in [1.82, 2.24) is 4.98 Å². The summed E-state index contributed by atoms with van der Waals surface area (Å²) < 4.78 is 0. The lowest BCUT2D eigenvalue weighted by atomic mass is 10.1. The molecular formula is C21H19N3O2. The molecule has 1 aromatic heterocycles. The average Bonchev–Trinajstić information content (AvgIpc) is 2.67. The second-order valence-electron chi connectivity index (χ2n) is 5.87. The van der Waals surface area contributed by atoms with Gasteiger partial charge in [-0.15, -0.1) is 0 Å². The molecule has 0 aliphatic rings. The van der Waals surface area contributed by atoms with Crippen LogP contribution in [0.5, 0.6) is 0 Å². The third kappa shape index (κ3) is 4.33. The number of para-hydroxylation sites is 1. The first-order chi connectivity index (χ1) is 12.6. The molecule has 0 fully saturated rings. The van der Waals surface area contributed by atoms with Crippen LogP contribution >= 0.6 is 0 Å². The van der Waals surface area contributed by atoms with Crippen LogP contribution in [0.3, 0.4) is 0 Å².